The van der Waals surface area contributed by atoms with Crippen LogP contribution < -0.4 is 11.1 Å². The van der Waals surface area contributed by atoms with E-state index >= 15 is 0 Å². The van der Waals surface area contributed by atoms with E-state index in [4.69, 9.17) is 10.5 Å². The summed E-state index contributed by atoms with van der Waals surface area (Å²) >= 11 is 0. The summed E-state index contributed by atoms with van der Waals surface area (Å²) in [5, 5.41) is 2.54. The minimum Gasteiger partial charge on any atom is -0.465 e. The van der Waals surface area contributed by atoms with Crippen LogP contribution in [0.5, 0.6) is 0 Å². The van der Waals surface area contributed by atoms with Crippen LogP contribution in [0, 0.1) is 0 Å². The zero-order valence-corrected chi connectivity index (χ0v) is 10.3. The second kappa shape index (κ2) is 7.24. The molecular weight excluding hydrogens is 222 g/mol. The minimum atomic E-state index is -0.401. The summed E-state index contributed by atoms with van der Waals surface area (Å²) in [6, 6.07) is 0.258. The fourth-order valence-corrected chi connectivity index (χ4v) is 1.75. The molecule has 1 heterocycles. The van der Waals surface area contributed by atoms with E-state index in [0.29, 0.717) is 13.2 Å². The highest BCUT2D eigenvalue weighted by molar-refractivity contribution is 5.83. The maximum atomic E-state index is 11.5. The van der Waals surface area contributed by atoms with Crippen molar-refractivity contribution in [1.29, 1.82) is 0 Å². The lowest BCUT2D eigenvalue weighted by Gasteiger charge is -2.29. The first-order valence-corrected chi connectivity index (χ1v) is 6.02. The number of piperidine rings is 1. The van der Waals surface area contributed by atoms with Gasteiger partial charge in [0, 0.05) is 19.1 Å². The van der Waals surface area contributed by atoms with Crippen LogP contribution >= 0.6 is 0 Å². The van der Waals surface area contributed by atoms with E-state index in [1.165, 1.54) is 0 Å². The molecule has 3 N–H and O–H groups in total. The van der Waals surface area contributed by atoms with Gasteiger partial charge in [0.25, 0.3) is 0 Å². The molecule has 0 spiro atoms. The monoisotopic (exact) mass is 243 g/mol. The van der Waals surface area contributed by atoms with E-state index in [0.717, 1.165) is 25.9 Å². The van der Waals surface area contributed by atoms with Crippen molar-refractivity contribution in [3.05, 3.63) is 0 Å². The number of likely N-dealkylation sites (tertiary alicyclic amines) is 1. The van der Waals surface area contributed by atoms with E-state index in [-0.39, 0.29) is 18.5 Å². The van der Waals surface area contributed by atoms with Crippen LogP contribution in [0.15, 0.2) is 0 Å². The first-order chi connectivity index (χ1) is 8.11. The lowest BCUT2D eigenvalue weighted by molar-refractivity contribution is -0.143. The predicted molar refractivity (Wildman–Crippen MR) is 63.3 cm³/mol. The van der Waals surface area contributed by atoms with E-state index < -0.39 is 5.97 Å². The van der Waals surface area contributed by atoms with Crippen LogP contribution in [0.2, 0.25) is 0 Å². The largest absolute Gasteiger partial charge is 0.465 e. The number of nitrogens with zero attached hydrogens (tertiary/aromatic N) is 1. The Morgan fingerprint density at radius 2 is 2.06 bits per heavy atom. The molecule has 0 bridgehead atoms. The van der Waals surface area contributed by atoms with Gasteiger partial charge < -0.3 is 15.8 Å². The molecule has 0 unspecified atom stereocenters. The third-order valence-corrected chi connectivity index (χ3v) is 2.73. The van der Waals surface area contributed by atoms with Crippen LogP contribution in [0.25, 0.3) is 0 Å². The third kappa shape index (κ3) is 5.65. The summed E-state index contributed by atoms with van der Waals surface area (Å²) in [4.78, 5) is 24.6. The summed E-state index contributed by atoms with van der Waals surface area (Å²) in [5.41, 5.74) is 5.77. The Balaban J connectivity index is 2.14. The molecule has 6 nitrogen and oxygen atoms in total. The van der Waals surface area contributed by atoms with Gasteiger partial charge in [-0.05, 0) is 19.8 Å². The number of nitrogens with two attached hydrogens (primary N) is 1. The van der Waals surface area contributed by atoms with Crippen LogP contribution in [-0.4, -0.2) is 55.6 Å². The van der Waals surface area contributed by atoms with Crippen LogP contribution in [0.3, 0.4) is 0 Å². The van der Waals surface area contributed by atoms with Gasteiger partial charge in [0.2, 0.25) is 5.91 Å². The molecular formula is C11H21N3O3. The topological polar surface area (TPSA) is 84.7 Å². The molecule has 0 aromatic rings. The van der Waals surface area contributed by atoms with Gasteiger partial charge in [-0.25, -0.2) is 0 Å². The maximum Gasteiger partial charge on any atom is 0.325 e. The van der Waals surface area contributed by atoms with Crippen LogP contribution in [0.4, 0.5) is 0 Å². The SMILES string of the molecule is CCOC(=O)CNC(=O)CN1CCC(N)CC1. The first kappa shape index (κ1) is 13.9. The number of hydrogen-bond donors (Lipinski definition) is 2. The van der Waals surface area contributed by atoms with Gasteiger partial charge in [-0.15, -0.1) is 0 Å². The number of nitrogens with one attached hydrogen (secondary N) is 1. The van der Waals surface area contributed by atoms with Gasteiger partial charge in [0.05, 0.1) is 13.2 Å². The predicted octanol–water partition coefficient (Wildman–Crippen LogP) is -0.911. The summed E-state index contributed by atoms with van der Waals surface area (Å²) in [5.74, 6) is -0.546. The van der Waals surface area contributed by atoms with Crippen molar-refractivity contribution in [1.82, 2.24) is 10.2 Å². The normalized spacial score (nSPS) is 17.8. The van der Waals surface area contributed by atoms with Gasteiger partial charge >= 0.3 is 5.97 Å². The molecule has 1 aliphatic rings. The van der Waals surface area contributed by atoms with E-state index in [9.17, 15) is 9.59 Å². The minimum absolute atomic E-state index is 0.0555. The fourth-order valence-electron chi connectivity index (χ4n) is 1.75. The summed E-state index contributed by atoms with van der Waals surface area (Å²) in [7, 11) is 0. The molecule has 1 amide bonds. The van der Waals surface area contributed by atoms with Gasteiger partial charge in [-0.3, -0.25) is 14.5 Å². The van der Waals surface area contributed by atoms with E-state index in [1.807, 2.05) is 4.90 Å². The van der Waals surface area contributed by atoms with Crippen molar-refractivity contribution in [3.63, 3.8) is 0 Å². The number of amides is 1. The Hall–Kier alpha value is -1.14. The molecule has 1 rings (SSSR count). The number of esters is 1. The lowest BCUT2D eigenvalue weighted by Crippen LogP contribution is -2.45. The smallest absolute Gasteiger partial charge is 0.325 e. The van der Waals surface area contributed by atoms with Crippen molar-refractivity contribution in [2.45, 2.75) is 25.8 Å². The summed E-state index contributed by atoms with van der Waals surface area (Å²) in [6.45, 7) is 4.02. The van der Waals surface area contributed by atoms with Crippen molar-refractivity contribution in [3.8, 4) is 0 Å². The molecule has 0 radical (unpaired) electrons. The highest BCUT2D eigenvalue weighted by atomic mass is 16.5. The fraction of sp³-hybridized carbons (Fsp3) is 0.818. The van der Waals surface area contributed by atoms with Crippen LogP contribution in [0.1, 0.15) is 19.8 Å². The Kier molecular flexibility index (Phi) is 5.93. The van der Waals surface area contributed by atoms with Crippen molar-refractivity contribution >= 4 is 11.9 Å². The quantitative estimate of drug-likeness (QED) is 0.611. The Labute approximate surface area is 101 Å². The van der Waals surface area contributed by atoms with Gasteiger partial charge in [0.15, 0.2) is 0 Å². The first-order valence-electron chi connectivity index (χ1n) is 6.02. The van der Waals surface area contributed by atoms with Crippen molar-refractivity contribution in [2.24, 2.45) is 5.73 Å². The number of carbonyl (C=O) groups is 2. The standard InChI is InChI=1S/C11H21N3O3/c1-2-17-11(16)7-13-10(15)8-14-5-3-9(12)4-6-14/h9H,2-8,12H2,1H3,(H,13,15). The Morgan fingerprint density at radius 1 is 1.41 bits per heavy atom. The van der Waals surface area contributed by atoms with Crippen LogP contribution in [-0.2, 0) is 14.3 Å². The number of rotatable bonds is 5. The van der Waals surface area contributed by atoms with Crippen molar-refractivity contribution < 1.29 is 14.3 Å². The molecule has 98 valence electrons. The second-order valence-corrected chi connectivity index (χ2v) is 4.20. The zero-order valence-electron chi connectivity index (χ0n) is 10.3. The Morgan fingerprint density at radius 3 is 2.65 bits per heavy atom. The maximum absolute atomic E-state index is 11.5. The molecule has 6 heteroatoms. The van der Waals surface area contributed by atoms with Gasteiger partial charge in [-0.1, -0.05) is 0 Å². The number of ether oxygens (including phenoxy) is 1. The highest BCUT2D eigenvalue weighted by Gasteiger charge is 2.18. The molecule has 1 fully saturated rings. The van der Waals surface area contributed by atoms with E-state index in [2.05, 4.69) is 5.32 Å². The molecule has 0 aromatic carbocycles. The average molecular weight is 243 g/mol. The molecule has 0 atom stereocenters. The molecule has 0 saturated carbocycles. The average Bonchev–Trinajstić information content (AvgIpc) is 2.30. The highest BCUT2D eigenvalue weighted by Crippen LogP contribution is 2.06. The summed E-state index contributed by atoms with van der Waals surface area (Å²) in [6.07, 6.45) is 1.84. The third-order valence-electron chi connectivity index (χ3n) is 2.73. The number of carbonyl (C=O) groups excluding carboxylic acids is 2. The molecule has 17 heavy (non-hydrogen) atoms. The zero-order chi connectivity index (χ0) is 12.7. The molecule has 0 aliphatic carbocycles. The van der Waals surface area contributed by atoms with Crippen molar-refractivity contribution in [2.75, 3.05) is 32.8 Å². The summed E-state index contributed by atoms with van der Waals surface area (Å²) < 4.78 is 4.71. The lowest BCUT2D eigenvalue weighted by atomic mass is 10.1. The number of hydrogen-bond acceptors (Lipinski definition) is 5. The molecule has 1 aliphatic heterocycles. The van der Waals surface area contributed by atoms with Gasteiger partial charge in [-0.2, -0.15) is 0 Å². The van der Waals surface area contributed by atoms with E-state index in [1.54, 1.807) is 6.92 Å². The second-order valence-electron chi connectivity index (χ2n) is 4.20. The van der Waals surface area contributed by atoms with Gasteiger partial charge in [0.1, 0.15) is 6.54 Å². The Bertz CT molecular complexity index is 263. The molecule has 0 aromatic heterocycles. The molecule has 1 saturated heterocycles.